The van der Waals surface area contributed by atoms with E-state index < -0.39 is 0 Å². The number of aromatic nitrogens is 1. The van der Waals surface area contributed by atoms with Crippen molar-refractivity contribution in [2.75, 3.05) is 56.7 Å². The number of pyridine rings is 1. The van der Waals surface area contributed by atoms with Crippen molar-refractivity contribution in [2.24, 2.45) is 0 Å². The third kappa shape index (κ3) is 3.98. The second-order valence-corrected chi connectivity index (χ2v) is 7.99. The average Bonchev–Trinajstić information content (AvgIpc) is 3.32. The first-order valence-electron chi connectivity index (χ1n) is 11.3. The van der Waals surface area contributed by atoms with Gasteiger partial charge in [0.25, 0.3) is 5.91 Å². The third-order valence-electron chi connectivity index (χ3n) is 5.78. The summed E-state index contributed by atoms with van der Waals surface area (Å²) in [6, 6.07) is 5.69. The number of carbonyl (C=O) groups is 1. The van der Waals surface area contributed by atoms with Crippen molar-refractivity contribution in [1.29, 1.82) is 0 Å². The van der Waals surface area contributed by atoms with E-state index in [0.717, 1.165) is 47.8 Å². The van der Waals surface area contributed by atoms with Crippen molar-refractivity contribution in [3.05, 3.63) is 41.1 Å². The molecule has 0 unspecified atom stereocenters. The quantitative estimate of drug-likeness (QED) is 0.717. The molecule has 3 aliphatic rings. The third-order valence-corrected chi connectivity index (χ3v) is 5.78. The molecule has 0 atom stereocenters. The zero-order valence-corrected chi connectivity index (χ0v) is 18.3. The Morgan fingerprint density at radius 1 is 1.09 bits per heavy atom. The number of hydrogen-bond acceptors (Lipinski definition) is 7. The van der Waals surface area contributed by atoms with Crippen LogP contribution in [0, 0.1) is 0 Å². The van der Waals surface area contributed by atoms with Crippen molar-refractivity contribution < 1.29 is 19.0 Å². The topological polar surface area (TPSA) is 85.0 Å². The summed E-state index contributed by atoms with van der Waals surface area (Å²) in [6.45, 7) is 6.15. The minimum atomic E-state index is -0.0608. The summed E-state index contributed by atoms with van der Waals surface area (Å²) in [7, 11) is 0. The number of amides is 1. The Labute approximate surface area is 187 Å². The minimum absolute atomic E-state index is 0.0608. The monoisotopic (exact) mass is 436 g/mol. The number of nitrogens with zero attached hydrogens (tertiary/aromatic N) is 2. The number of ether oxygens (including phenoxy) is 3. The maximum atomic E-state index is 13.1. The molecule has 2 aromatic rings. The van der Waals surface area contributed by atoms with Crippen LogP contribution in [0.2, 0.25) is 0 Å². The fraction of sp³-hybridized carbons (Fsp3) is 0.417. The van der Waals surface area contributed by atoms with Crippen molar-refractivity contribution >= 4 is 29.2 Å². The van der Waals surface area contributed by atoms with Gasteiger partial charge in [-0.3, -0.25) is 4.79 Å². The van der Waals surface area contributed by atoms with E-state index in [9.17, 15) is 4.79 Å². The van der Waals surface area contributed by atoms with E-state index in [1.54, 1.807) is 11.0 Å². The van der Waals surface area contributed by atoms with Gasteiger partial charge >= 0.3 is 0 Å². The maximum Gasteiger partial charge on any atom is 0.257 e. The number of morpholine rings is 1. The summed E-state index contributed by atoms with van der Waals surface area (Å²) >= 11 is 0. The van der Waals surface area contributed by atoms with Crippen LogP contribution in [0.1, 0.15) is 35.0 Å². The van der Waals surface area contributed by atoms with Crippen LogP contribution < -0.4 is 20.1 Å². The minimum Gasteiger partial charge on any atom is -0.485 e. The standard InChI is InChI=1S/C24H28N4O4/c1-2-8-25-20-15-21(26-18-5-3-4-16(18)20)27-19-7-6-17(22-23(19)32-14-13-31-22)24(29)28-9-11-30-12-10-28/h3-4,6-7,15H,2,5,8-14H2,1H3,(H2,25,26,27). The molecule has 1 saturated heterocycles. The molecule has 2 aliphatic heterocycles. The average molecular weight is 437 g/mol. The predicted molar refractivity (Wildman–Crippen MR) is 123 cm³/mol. The van der Waals surface area contributed by atoms with Gasteiger partial charge in [0.15, 0.2) is 11.5 Å². The number of carbonyl (C=O) groups excluding carboxylic acids is 1. The zero-order valence-electron chi connectivity index (χ0n) is 18.3. The number of anilines is 3. The lowest BCUT2D eigenvalue weighted by Gasteiger charge is -2.29. The molecule has 0 bridgehead atoms. The zero-order chi connectivity index (χ0) is 21.9. The summed E-state index contributed by atoms with van der Waals surface area (Å²) in [6.07, 6.45) is 6.11. The van der Waals surface area contributed by atoms with Gasteiger partial charge in [-0.2, -0.15) is 0 Å². The van der Waals surface area contributed by atoms with Crippen molar-refractivity contribution in [3.8, 4) is 11.5 Å². The SMILES string of the molecule is CCCNc1cc(Nc2ccc(C(=O)N3CCOCC3)c3c2OCCO3)nc2c1C=CC2. The van der Waals surface area contributed by atoms with Crippen LogP contribution in [0.15, 0.2) is 24.3 Å². The summed E-state index contributed by atoms with van der Waals surface area (Å²) < 4.78 is 17.2. The van der Waals surface area contributed by atoms with Crippen molar-refractivity contribution in [3.63, 3.8) is 0 Å². The van der Waals surface area contributed by atoms with Gasteiger partial charge in [0, 0.05) is 43.4 Å². The molecule has 5 rings (SSSR count). The Morgan fingerprint density at radius 3 is 2.72 bits per heavy atom. The Kier molecular flexibility index (Phi) is 5.85. The number of rotatable bonds is 6. The van der Waals surface area contributed by atoms with E-state index in [-0.39, 0.29) is 5.91 Å². The maximum absolute atomic E-state index is 13.1. The second kappa shape index (κ2) is 9.08. The van der Waals surface area contributed by atoms with Crippen LogP contribution in [0.3, 0.4) is 0 Å². The summed E-state index contributed by atoms with van der Waals surface area (Å²) in [5.74, 6) is 1.72. The summed E-state index contributed by atoms with van der Waals surface area (Å²) in [4.78, 5) is 19.7. The van der Waals surface area contributed by atoms with E-state index in [2.05, 4.69) is 29.7 Å². The largest absolute Gasteiger partial charge is 0.485 e. The highest BCUT2D eigenvalue weighted by Crippen LogP contribution is 2.42. The van der Waals surface area contributed by atoms with Gasteiger partial charge in [0.1, 0.15) is 19.0 Å². The predicted octanol–water partition coefficient (Wildman–Crippen LogP) is 3.46. The van der Waals surface area contributed by atoms with E-state index in [1.165, 1.54) is 0 Å². The fourth-order valence-corrected chi connectivity index (χ4v) is 4.19. The molecule has 1 fully saturated rings. The molecular weight excluding hydrogens is 408 g/mol. The second-order valence-electron chi connectivity index (χ2n) is 7.99. The van der Waals surface area contributed by atoms with Crippen LogP contribution in [-0.2, 0) is 11.2 Å². The van der Waals surface area contributed by atoms with Gasteiger partial charge in [0.2, 0.25) is 0 Å². The van der Waals surface area contributed by atoms with Crippen molar-refractivity contribution in [1.82, 2.24) is 9.88 Å². The Bertz CT molecular complexity index is 1050. The van der Waals surface area contributed by atoms with E-state index in [0.29, 0.717) is 56.6 Å². The van der Waals surface area contributed by atoms with Gasteiger partial charge < -0.3 is 29.7 Å². The molecular formula is C24H28N4O4. The van der Waals surface area contributed by atoms with E-state index in [4.69, 9.17) is 19.2 Å². The van der Waals surface area contributed by atoms with Gasteiger partial charge in [-0.25, -0.2) is 4.98 Å². The molecule has 0 spiro atoms. The van der Waals surface area contributed by atoms with Crippen LogP contribution >= 0.6 is 0 Å². The van der Waals surface area contributed by atoms with Crippen LogP contribution in [0.4, 0.5) is 17.2 Å². The van der Waals surface area contributed by atoms with Gasteiger partial charge in [-0.05, 0) is 18.6 Å². The lowest BCUT2D eigenvalue weighted by atomic mass is 10.1. The van der Waals surface area contributed by atoms with Gasteiger partial charge in [-0.1, -0.05) is 19.1 Å². The lowest BCUT2D eigenvalue weighted by Crippen LogP contribution is -2.41. The molecule has 1 aliphatic carbocycles. The number of allylic oxidation sites excluding steroid dienone is 1. The van der Waals surface area contributed by atoms with Gasteiger partial charge in [-0.15, -0.1) is 0 Å². The Balaban J connectivity index is 1.45. The first kappa shape index (κ1) is 20.6. The summed E-state index contributed by atoms with van der Waals surface area (Å²) in [5.41, 5.74) is 4.51. The van der Waals surface area contributed by atoms with Crippen molar-refractivity contribution in [2.45, 2.75) is 19.8 Å². The molecule has 8 heteroatoms. The highest BCUT2D eigenvalue weighted by atomic mass is 16.6. The number of hydrogen-bond donors (Lipinski definition) is 2. The highest BCUT2D eigenvalue weighted by Gasteiger charge is 2.28. The lowest BCUT2D eigenvalue weighted by molar-refractivity contribution is 0.0298. The first-order valence-corrected chi connectivity index (χ1v) is 11.3. The molecule has 3 heterocycles. The molecule has 0 saturated carbocycles. The normalized spacial score (nSPS) is 16.6. The molecule has 32 heavy (non-hydrogen) atoms. The Hall–Kier alpha value is -3.26. The molecule has 1 amide bonds. The number of nitrogens with one attached hydrogen (secondary N) is 2. The molecule has 168 valence electrons. The van der Waals surface area contributed by atoms with E-state index >= 15 is 0 Å². The number of fused-ring (bicyclic) bond motifs is 2. The smallest absolute Gasteiger partial charge is 0.257 e. The number of benzene rings is 1. The molecule has 8 nitrogen and oxygen atoms in total. The fourth-order valence-electron chi connectivity index (χ4n) is 4.19. The first-order chi connectivity index (χ1) is 15.7. The van der Waals surface area contributed by atoms with Crippen LogP contribution in [0.5, 0.6) is 11.5 Å². The highest BCUT2D eigenvalue weighted by molar-refractivity contribution is 5.99. The molecule has 1 aromatic carbocycles. The molecule has 1 aromatic heterocycles. The summed E-state index contributed by atoms with van der Waals surface area (Å²) in [5, 5.41) is 6.89. The Morgan fingerprint density at radius 2 is 1.91 bits per heavy atom. The van der Waals surface area contributed by atoms with Gasteiger partial charge in [0.05, 0.1) is 30.2 Å². The van der Waals surface area contributed by atoms with Crippen LogP contribution in [-0.4, -0.2) is 61.9 Å². The van der Waals surface area contributed by atoms with E-state index in [1.807, 2.05) is 12.1 Å². The molecule has 0 radical (unpaired) electrons. The van der Waals surface area contributed by atoms with Crippen LogP contribution in [0.25, 0.3) is 6.08 Å². The molecule has 2 N–H and O–H groups in total.